The summed E-state index contributed by atoms with van der Waals surface area (Å²) >= 11 is 0. The molecule has 0 aliphatic heterocycles. The minimum Gasteiger partial charge on any atom is -0.384 e. The van der Waals surface area contributed by atoms with Crippen LogP contribution in [0.4, 0.5) is 17.6 Å². The van der Waals surface area contributed by atoms with E-state index in [-0.39, 0.29) is 11.1 Å². The molecule has 0 aliphatic carbocycles. The average Bonchev–Trinajstić information content (AvgIpc) is 2.39. The number of aliphatic hydroxyl groups excluding tert-OH is 1. The molecule has 1 N–H and O–H groups in total. The number of aryl methyl sites for hydroxylation is 1. The van der Waals surface area contributed by atoms with E-state index in [0.29, 0.717) is 0 Å². The van der Waals surface area contributed by atoms with Crippen molar-refractivity contribution in [1.29, 1.82) is 0 Å². The first-order valence-electron chi connectivity index (χ1n) is 5.49. The maximum Gasteiger partial charge on any atom is 0.194 e. The maximum atomic E-state index is 13.5. The van der Waals surface area contributed by atoms with E-state index < -0.39 is 34.9 Å². The van der Waals surface area contributed by atoms with Gasteiger partial charge in [-0.05, 0) is 30.2 Å². The second-order valence-corrected chi connectivity index (χ2v) is 4.18. The molecule has 0 aliphatic rings. The topological polar surface area (TPSA) is 20.2 Å². The molecular weight excluding hydrogens is 260 g/mol. The summed E-state index contributed by atoms with van der Waals surface area (Å²) in [5.74, 6) is -4.89. The van der Waals surface area contributed by atoms with Gasteiger partial charge in [0.05, 0.1) is 0 Å². The highest BCUT2D eigenvalue weighted by atomic mass is 19.2. The fourth-order valence-corrected chi connectivity index (χ4v) is 1.77. The molecule has 0 amide bonds. The summed E-state index contributed by atoms with van der Waals surface area (Å²) in [6, 6.07) is 5.38. The van der Waals surface area contributed by atoms with Gasteiger partial charge in [0.25, 0.3) is 0 Å². The van der Waals surface area contributed by atoms with Crippen molar-refractivity contribution in [2.24, 2.45) is 0 Å². The van der Waals surface area contributed by atoms with E-state index in [0.717, 1.165) is 18.2 Å². The second kappa shape index (κ2) is 5.01. The lowest BCUT2D eigenvalue weighted by Crippen LogP contribution is -2.06. The van der Waals surface area contributed by atoms with Crippen LogP contribution in [0.3, 0.4) is 0 Å². The average molecular weight is 270 g/mol. The first kappa shape index (κ1) is 13.5. The molecule has 1 nitrogen and oxygen atoms in total. The van der Waals surface area contributed by atoms with Crippen molar-refractivity contribution >= 4 is 0 Å². The molecule has 0 saturated heterocycles. The lowest BCUT2D eigenvalue weighted by molar-refractivity contribution is 0.212. The number of hydrogen-bond donors (Lipinski definition) is 1. The zero-order valence-electron chi connectivity index (χ0n) is 9.92. The summed E-state index contributed by atoms with van der Waals surface area (Å²) in [6.45, 7) is 1.48. The first-order valence-corrected chi connectivity index (χ1v) is 5.49. The number of benzene rings is 2. The number of aliphatic hydroxyl groups is 1. The number of halogens is 4. The lowest BCUT2D eigenvalue weighted by atomic mass is 9.99. The van der Waals surface area contributed by atoms with E-state index in [1.54, 1.807) is 0 Å². The van der Waals surface area contributed by atoms with Crippen LogP contribution in [0.1, 0.15) is 22.8 Å². The molecule has 2 rings (SSSR count). The summed E-state index contributed by atoms with van der Waals surface area (Å²) in [5, 5.41) is 9.95. The Morgan fingerprint density at radius 2 is 1.53 bits per heavy atom. The molecule has 100 valence electrons. The van der Waals surface area contributed by atoms with Crippen molar-refractivity contribution in [1.82, 2.24) is 0 Å². The van der Waals surface area contributed by atoms with Crippen molar-refractivity contribution in [3.05, 3.63) is 70.3 Å². The van der Waals surface area contributed by atoms with E-state index in [9.17, 15) is 22.7 Å². The molecule has 0 fully saturated rings. The zero-order valence-corrected chi connectivity index (χ0v) is 9.92. The van der Waals surface area contributed by atoms with Crippen molar-refractivity contribution < 1.29 is 22.7 Å². The maximum absolute atomic E-state index is 13.5. The lowest BCUT2D eigenvalue weighted by Gasteiger charge is -2.13. The van der Waals surface area contributed by atoms with Crippen LogP contribution < -0.4 is 0 Å². The zero-order chi connectivity index (χ0) is 14.2. The molecule has 0 saturated carbocycles. The van der Waals surface area contributed by atoms with Gasteiger partial charge in [0.2, 0.25) is 0 Å². The Bertz CT molecular complexity index is 625. The molecule has 0 heterocycles. The van der Waals surface area contributed by atoms with Crippen LogP contribution in [0.25, 0.3) is 0 Å². The molecule has 1 atom stereocenters. The molecule has 0 bridgehead atoms. The first-order chi connectivity index (χ1) is 8.91. The third-order valence-corrected chi connectivity index (χ3v) is 2.86. The summed E-state index contributed by atoms with van der Waals surface area (Å²) < 4.78 is 52.5. The van der Waals surface area contributed by atoms with Crippen molar-refractivity contribution in [2.45, 2.75) is 13.0 Å². The van der Waals surface area contributed by atoms with Crippen molar-refractivity contribution in [3.63, 3.8) is 0 Å². The molecule has 5 heteroatoms. The summed E-state index contributed by atoms with van der Waals surface area (Å²) in [5.41, 5.74) is 0.0632. The van der Waals surface area contributed by atoms with Gasteiger partial charge in [-0.3, -0.25) is 0 Å². The Morgan fingerprint density at radius 1 is 0.895 bits per heavy atom. The van der Waals surface area contributed by atoms with Crippen LogP contribution in [0.5, 0.6) is 0 Å². The van der Waals surface area contributed by atoms with E-state index in [1.807, 2.05) is 0 Å². The van der Waals surface area contributed by atoms with Gasteiger partial charge in [0.15, 0.2) is 17.5 Å². The minimum atomic E-state index is -1.64. The highest BCUT2D eigenvalue weighted by Crippen LogP contribution is 2.27. The van der Waals surface area contributed by atoms with Crippen LogP contribution in [0.2, 0.25) is 0 Å². The standard InChI is InChI=1S/C14H10F4O/c1-7-6-8(2-4-10(7)15)14(19)9-3-5-11(16)13(18)12(9)17/h2-6,14,19H,1H3. The predicted octanol–water partition coefficient (Wildman–Crippen LogP) is 3.63. The summed E-state index contributed by atoms with van der Waals surface area (Å²) in [4.78, 5) is 0. The Morgan fingerprint density at radius 3 is 2.16 bits per heavy atom. The van der Waals surface area contributed by atoms with Crippen LogP contribution >= 0.6 is 0 Å². The molecule has 2 aromatic carbocycles. The van der Waals surface area contributed by atoms with Crippen molar-refractivity contribution in [3.8, 4) is 0 Å². The Labute approximate surface area is 107 Å². The fourth-order valence-electron chi connectivity index (χ4n) is 1.77. The largest absolute Gasteiger partial charge is 0.384 e. The van der Waals surface area contributed by atoms with E-state index in [4.69, 9.17) is 0 Å². The van der Waals surface area contributed by atoms with Crippen LogP contribution in [-0.2, 0) is 0 Å². The Kier molecular flexibility index (Phi) is 3.57. The molecule has 0 aromatic heterocycles. The normalized spacial score (nSPS) is 12.5. The molecule has 0 radical (unpaired) electrons. The van der Waals surface area contributed by atoms with E-state index in [1.165, 1.54) is 19.1 Å². The predicted molar refractivity (Wildman–Crippen MR) is 61.5 cm³/mol. The third-order valence-electron chi connectivity index (χ3n) is 2.86. The quantitative estimate of drug-likeness (QED) is 0.652. The van der Waals surface area contributed by atoms with Gasteiger partial charge < -0.3 is 5.11 Å². The van der Waals surface area contributed by atoms with Gasteiger partial charge in [-0.1, -0.05) is 18.2 Å². The second-order valence-electron chi connectivity index (χ2n) is 4.18. The molecule has 2 aromatic rings. The molecule has 0 spiro atoms. The van der Waals surface area contributed by atoms with Gasteiger partial charge in [0.1, 0.15) is 11.9 Å². The third kappa shape index (κ3) is 2.46. The Balaban J connectivity index is 2.47. The molecule has 19 heavy (non-hydrogen) atoms. The van der Waals surface area contributed by atoms with Gasteiger partial charge in [-0.25, -0.2) is 17.6 Å². The fraction of sp³-hybridized carbons (Fsp3) is 0.143. The van der Waals surface area contributed by atoms with Crippen LogP contribution in [-0.4, -0.2) is 5.11 Å². The van der Waals surface area contributed by atoms with Crippen LogP contribution in [0, 0.1) is 30.2 Å². The van der Waals surface area contributed by atoms with Gasteiger partial charge in [-0.2, -0.15) is 0 Å². The highest BCUT2D eigenvalue weighted by molar-refractivity contribution is 5.34. The SMILES string of the molecule is Cc1cc(C(O)c2ccc(F)c(F)c2F)ccc1F. The van der Waals surface area contributed by atoms with Gasteiger partial charge in [0, 0.05) is 5.56 Å². The van der Waals surface area contributed by atoms with E-state index >= 15 is 0 Å². The minimum absolute atomic E-state index is 0.198. The monoisotopic (exact) mass is 270 g/mol. The molecule has 1 unspecified atom stereocenters. The Hall–Kier alpha value is -1.88. The smallest absolute Gasteiger partial charge is 0.194 e. The summed E-state index contributed by atoms with van der Waals surface area (Å²) in [7, 11) is 0. The van der Waals surface area contributed by atoms with Gasteiger partial charge in [-0.15, -0.1) is 0 Å². The van der Waals surface area contributed by atoms with Crippen molar-refractivity contribution in [2.75, 3.05) is 0 Å². The van der Waals surface area contributed by atoms with Gasteiger partial charge >= 0.3 is 0 Å². The van der Waals surface area contributed by atoms with E-state index in [2.05, 4.69) is 0 Å². The number of hydrogen-bond acceptors (Lipinski definition) is 1. The number of rotatable bonds is 2. The highest BCUT2D eigenvalue weighted by Gasteiger charge is 2.20. The van der Waals surface area contributed by atoms with Crippen LogP contribution in [0.15, 0.2) is 30.3 Å². The molecular formula is C14H10F4O. The summed E-state index contributed by atoms with van der Waals surface area (Å²) in [6.07, 6.45) is -1.49.